The van der Waals surface area contributed by atoms with Crippen LogP contribution >= 0.6 is 0 Å². The first kappa shape index (κ1) is 11.7. The third kappa shape index (κ3) is 1.82. The van der Waals surface area contributed by atoms with Crippen molar-refractivity contribution >= 4 is 10.8 Å². The average Bonchev–Trinajstić information content (AvgIpc) is 2.79. The molecule has 3 rings (SSSR count). The molecule has 2 atom stereocenters. The lowest BCUT2D eigenvalue weighted by Gasteiger charge is -2.26. The molecule has 2 heteroatoms. The van der Waals surface area contributed by atoms with Crippen LogP contribution in [0.2, 0.25) is 0 Å². The van der Waals surface area contributed by atoms with E-state index in [0.717, 1.165) is 13.1 Å². The topological polar surface area (TPSA) is 29.3 Å². The molecule has 1 heterocycles. The molecule has 1 saturated heterocycles. The molecule has 2 nitrogen and oxygen atoms in total. The molecule has 2 unspecified atom stereocenters. The van der Waals surface area contributed by atoms with Crippen LogP contribution in [0.1, 0.15) is 18.0 Å². The van der Waals surface area contributed by atoms with Crippen molar-refractivity contribution in [3.05, 3.63) is 48.0 Å². The molecule has 2 aromatic carbocycles. The first-order valence-corrected chi connectivity index (χ1v) is 6.69. The van der Waals surface area contributed by atoms with Gasteiger partial charge in [0.25, 0.3) is 0 Å². The van der Waals surface area contributed by atoms with Gasteiger partial charge >= 0.3 is 0 Å². The van der Waals surface area contributed by atoms with Crippen LogP contribution in [0, 0.1) is 5.92 Å². The lowest BCUT2D eigenvalue weighted by atomic mass is 9.90. The Morgan fingerprint density at radius 1 is 1.17 bits per heavy atom. The highest BCUT2D eigenvalue weighted by atomic mass is 15.2. The van der Waals surface area contributed by atoms with Crippen LogP contribution in [0.15, 0.2) is 42.5 Å². The molecule has 0 saturated carbocycles. The molecule has 0 aliphatic carbocycles. The SMILES string of the molecule is CN1CCC(CN)C1c1cccc2ccccc12. The van der Waals surface area contributed by atoms with E-state index < -0.39 is 0 Å². The maximum atomic E-state index is 5.94. The monoisotopic (exact) mass is 240 g/mol. The summed E-state index contributed by atoms with van der Waals surface area (Å²) >= 11 is 0. The molecule has 1 fully saturated rings. The summed E-state index contributed by atoms with van der Waals surface area (Å²) in [5.74, 6) is 0.584. The number of nitrogens with zero attached hydrogens (tertiary/aromatic N) is 1. The third-order valence-corrected chi connectivity index (χ3v) is 4.22. The maximum absolute atomic E-state index is 5.94. The zero-order valence-electron chi connectivity index (χ0n) is 10.8. The van der Waals surface area contributed by atoms with E-state index in [4.69, 9.17) is 5.73 Å². The van der Waals surface area contributed by atoms with Crippen LogP contribution in [0.4, 0.5) is 0 Å². The minimum atomic E-state index is 0.473. The van der Waals surface area contributed by atoms with Gasteiger partial charge in [0, 0.05) is 6.04 Å². The lowest BCUT2D eigenvalue weighted by molar-refractivity contribution is 0.281. The number of likely N-dealkylation sites (tertiary alicyclic amines) is 1. The highest BCUT2D eigenvalue weighted by molar-refractivity contribution is 5.86. The molecule has 1 aliphatic rings. The van der Waals surface area contributed by atoms with E-state index in [2.05, 4.69) is 54.4 Å². The van der Waals surface area contributed by atoms with Crippen LogP contribution in [-0.4, -0.2) is 25.0 Å². The zero-order valence-corrected chi connectivity index (χ0v) is 10.8. The van der Waals surface area contributed by atoms with Crippen molar-refractivity contribution in [2.24, 2.45) is 11.7 Å². The van der Waals surface area contributed by atoms with Crippen LogP contribution in [0.3, 0.4) is 0 Å². The molecule has 2 N–H and O–H groups in total. The summed E-state index contributed by atoms with van der Waals surface area (Å²) in [6.45, 7) is 1.92. The van der Waals surface area contributed by atoms with Gasteiger partial charge in [-0.15, -0.1) is 0 Å². The van der Waals surface area contributed by atoms with Gasteiger partial charge < -0.3 is 5.73 Å². The fourth-order valence-electron chi connectivity index (χ4n) is 3.27. The Morgan fingerprint density at radius 3 is 2.78 bits per heavy atom. The van der Waals surface area contributed by atoms with Crippen molar-refractivity contribution in [1.82, 2.24) is 4.90 Å². The predicted molar refractivity (Wildman–Crippen MR) is 76.5 cm³/mol. The van der Waals surface area contributed by atoms with E-state index in [-0.39, 0.29) is 0 Å². The number of hydrogen-bond donors (Lipinski definition) is 1. The lowest BCUT2D eigenvalue weighted by Crippen LogP contribution is -2.25. The van der Waals surface area contributed by atoms with Gasteiger partial charge in [0.05, 0.1) is 0 Å². The highest BCUT2D eigenvalue weighted by Crippen LogP contribution is 2.38. The van der Waals surface area contributed by atoms with Gasteiger partial charge in [-0.25, -0.2) is 0 Å². The van der Waals surface area contributed by atoms with Crippen molar-refractivity contribution in [3.8, 4) is 0 Å². The standard InChI is InChI=1S/C16H20N2/c1-18-10-9-13(11-17)16(18)15-8-4-6-12-5-2-3-7-14(12)15/h2-8,13,16H,9-11,17H2,1H3. The van der Waals surface area contributed by atoms with Crippen LogP contribution in [-0.2, 0) is 0 Å². The Balaban J connectivity index is 2.13. The van der Waals surface area contributed by atoms with Gasteiger partial charge in [0.1, 0.15) is 0 Å². The quantitative estimate of drug-likeness (QED) is 0.874. The fraction of sp³-hybridized carbons (Fsp3) is 0.375. The number of rotatable bonds is 2. The molecule has 0 amide bonds. The largest absolute Gasteiger partial charge is 0.330 e. The van der Waals surface area contributed by atoms with Crippen LogP contribution in [0.25, 0.3) is 10.8 Å². The second-order valence-corrected chi connectivity index (χ2v) is 5.28. The van der Waals surface area contributed by atoms with Crippen molar-refractivity contribution < 1.29 is 0 Å². The van der Waals surface area contributed by atoms with E-state index in [9.17, 15) is 0 Å². The van der Waals surface area contributed by atoms with E-state index in [1.807, 2.05) is 0 Å². The average molecular weight is 240 g/mol. The molecule has 0 radical (unpaired) electrons. The second kappa shape index (κ2) is 4.71. The van der Waals surface area contributed by atoms with Crippen molar-refractivity contribution in [2.45, 2.75) is 12.5 Å². The molecular formula is C16H20N2. The van der Waals surface area contributed by atoms with E-state index in [1.165, 1.54) is 22.8 Å². The Labute approximate surface area is 108 Å². The highest BCUT2D eigenvalue weighted by Gasteiger charge is 2.32. The molecule has 0 aromatic heterocycles. The molecule has 0 bridgehead atoms. The first-order valence-electron chi connectivity index (χ1n) is 6.69. The van der Waals surface area contributed by atoms with Gasteiger partial charge in [-0.3, -0.25) is 4.90 Å². The minimum Gasteiger partial charge on any atom is -0.330 e. The Morgan fingerprint density at radius 2 is 1.94 bits per heavy atom. The van der Waals surface area contributed by atoms with Gasteiger partial charge in [0.2, 0.25) is 0 Å². The van der Waals surface area contributed by atoms with Crippen LogP contribution < -0.4 is 5.73 Å². The zero-order chi connectivity index (χ0) is 12.5. The molecule has 0 spiro atoms. The predicted octanol–water partition coefficient (Wildman–Crippen LogP) is 2.79. The summed E-state index contributed by atoms with van der Waals surface area (Å²) in [6.07, 6.45) is 1.21. The normalized spacial score (nSPS) is 24.8. The number of nitrogens with two attached hydrogens (primary N) is 1. The minimum absolute atomic E-state index is 0.473. The summed E-state index contributed by atoms with van der Waals surface area (Å²) in [6, 6.07) is 15.7. The van der Waals surface area contributed by atoms with Crippen LogP contribution in [0.5, 0.6) is 0 Å². The summed E-state index contributed by atoms with van der Waals surface area (Å²) in [5, 5.41) is 2.70. The summed E-state index contributed by atoms with van der Waals surface area (Å²) in [4.78, 5) is 2.44. The first-order chi connectivity index (χ1) is 8.81. The van der Waals surface area contributed by atoms with E-state index in [1.54, 1.807) is 0 Å². The number of benzene rings is 2. The summed E-state index contributed by atoms with van der Waals surface area (Å²) in [7, 11) is 2.21. The van der Waals surface area contributed by atoms with Crippen molar-refractivity contribution in [3.63, 3.8) is 0 Å². The molecule has 94 valence electrons. The van der Waals surface area contributed by atoms with E-state index >= 15 is 0 Å². The molecule has 1 aliphatic heterocycles. The van der Waals surface area contributed by atoms with Gasteiger partial charge in [-0.05, 0) is 48.8 Å². The smallest absolute Gasteiger partial charge is 0.0391 e. The third-order valence-electron chi connectivity index (χ3n) is 4.22. The summed E-state index contributed by atoms with van der Waals surface area (Å²) < 4.78 is 0. The second-order valence-electron chi connectivity index (χ2n) is 5.28. The number of hydrogen-bond acceptors (Lipinski definition) is 2. The maximum Gasteiger partial charge on any atom is 0.0391 e. The molecule has 18 heavy (non-hydrogen) atoms. The molecular weight excluding hydrogens is 220 g/mol. The molecule has 2 aromatic rings. The van der Waals surface area contributed by atoms with E-state index in [0.29, 0.717) is 12.0 Å². The fourth-order valence-corrected chi connectivity index (χ4v) is 3.27. The van der Waals surface area contributed by atoms with Gasteiger partial charge in [0.15, 0.2) is 0 Å². The van der Waals surface area contributed by atoms with Gasteiger partial charge in [-0.2, -0.15) is 0 Å². The van der Waals surface area contributed by atoms with Gasteiger partial charge in [-0.1, -0.05) is 42.5 Å². The van der Waals surface area contributed by atoms with Crippen molar-refractivity contribution in [2.75, 3.05) is 20.1 Å². The number of fused-ring (bicyclic) bond motifs is 1. The Kier molecular flexibility index (Phi) is 3.06. The Hall–Kier alpha value is -1.38. The summed E-state index contributed by atoms with van der Waals surface area (Å²) in [5.41, 5.74) is 7.38. The van der Waals surface area contributed by atoms with Crippen molar-refractivity contribution in [1.29, 1.82) is 0 Å². The Bertz CT molecular complexity index is 544.